The molecule has 366 valence electrons. The first-order chi connectivity index (χ1) is 31.7. The van der Waals surface area contributed by atoms with Gasteiger partial charge in [0.15, 0.2) is 0 Å². The summed E-state index contributed by atoms with van der Waals surface area (Å²) < 4.78 is 60.6. The van der Waals surface area contributed by atoms with Gasteiger partial charge in [-0.25, -0.2) is 18.2 Å². The molecule has 0 unspecified atom stereocenters. The summed E-state index contributed by atoms with van der Waals surface area (Å²) in [5.74, 6) is -0.699. The van der Waals surface area contributed by atoms with Crippen LogP contribution < -0.4 is 20.1 Å². The number of unbranched alkanes of at least 4 members (excludes halogenated alkanes) is 10. The molecule has 0 aliphatic rings. The minimum Gasteiger partial charge on any atom is -0.480 e. The number of ether oxygens (including phenoxy) is 6. The van der Waals surface area contributed by atoms with Gasteiger partial charge < -0.3 is 44.2 Å². The van der Waals surface area contributed by atoms with Gasteiger partial charge >= 0.3 is 11.9 Å². The van der Waals surface area contributed by atoms with Crippen LogP contribution in [-0.4, -0.2) is 114 Å². The Bertz CT molecular complexity index is 1960. The summed E-state index contributed by atoms with van der Waals surface area (Å²) in [5.41, 5.74) is 1.07. The van der Waals surface area contributed by atoms with Gasteiger partial charge in [0.1, 0.15) is 36.1 Å². The van der Waals surface area contributed by atoms with Gasteiger partial charge in [-0.3, -0.25) is 19.1 Å². The molecule has 3 aromatic rings. The van der Waals surface area contributed by atoms with E-state index in [1.54, 1.807) is 12.1 Å². The number of aryl methyl sites for hydroxylation is 1. The zero-order chi connectivity index (χ0) is 47.9. The quantitative estimate of drug-likeness (QED) is 0.0333. The average molecular weight is 943 g/mol. The van der Waals surface area contributed by atoms with Gasteiger partial charge in [-0.1, -0.05) is 69.9 Å². The summed E-state index contributed by atoms with van der Waals surface area (Å²) >= 11 is 0. The summed E-state index contributed by atoms with van der Waals surface area (Å²) in [7, 11) is -3.97. The summed E-state index contributed by atoms with van der Waals surface area (Å²) in [4.78, 5) is 50.6. The third-order valence-electron chi connectivity index (χ3n) is 9.63. The molecule has 2 amide bonds. The molecule has 0 fully saturated rings. The fraction of sp³-hybridized carbons (Fsp3) is 0.562. The summed E-state index contributed by atoms with van der Waals surface area (Å²) in [6.07, 6.45) is 15.8. The van der Waals surface area contributed by atoms with Crippen LogP contribution in [0.5, 0.6) is 11.5 Å². The van der Waals surface area contributed by atoms with E-state index in [9.17, 15) is 27.6 Å². The first-order valence-corrected chi connectivity index (χ1v) is 24.3. The first kappa shape index (κ1) is 55.2. The smallest absolute Gasteiger partial charge is 0.329 e. The number of hydrogen-bond donors (Lipinski definition) is 4. The van der Waals surface area contributed by atoms with Gasteiger partial charge in [-0.15, -0.1) is 0 Å². The average Bonchev–Trinajstić information content (AvgIpc) is 3.27. The van der Waals surface area contributed by atoms with Crippen molar-refractivity contribution >= 4 is 39.6 Å². The Labute approximate surface area is 390 Å². The number of carboxylic acid groups (broad SMARTS) is 1. The lowest BCUT2D eigenvalue weighted by atomic mass is 10.0. The Hall–Kier alpha value is -5.14. The molecule has 0 bridgehead atoms. The first-order valence-electron chi connectivity index (χ1n) is 22.9. The van der Waals surface area contributed by atoms with E-state index >= 15 is 0 Å². The number of pyridine rings is 1. The minimum absolute atomic E-state index is 0.0207. The van der Waals surface area contributed by atoms with Crippen molar-refractivity contribution < 1.29 is 61.1 Å². The number of rotatable bonds is 36. The number of nitrogens with zero attached hydrogens (tertiary/aromatic N) is 1. The Balaban J connectivity index is 1.21. The predicted molar refractivity (Wildman–Crippen MR) is 249 cm³/mol. The van der Waals surface area contributed by atoms with Crippen LogP contribution >= 0.6 is 0 Å². The summed E-state index contributed by atoms with van der Waals surface area (Å²) in [5, 5.41) is 13.8. The number of carbonyl (C=O) groups is 4. The molecule has 3 rings (SSSR count). The number of esters is 1. The summed E-state index contributed by atoms with van der Waals surface area (Å²) in [6, 6.07) is 16.9. The van der Waals surface area contributed by atoms with E-state index in [2.05, 4.69) is 32.5 Å². The molecule has 0 aliphatic carbocycles. The van der Waals surface area contributed by atoms with Crippen molar-refractivity contribution in [3.8, 4) is 11.5 Å². The molecule has 0 saturated heterocycles. The zero-order valence-electron chi connectivity index (χ0n) is 38.8. The number of nitrogens with one attached hydrogen (secondary N) is 3. The van der Waals surface area contributed by atoms with Crippen LogP contribution in [0.1, 0.15) is 114 Å². The zero-order valence-corrected chi connectivity index (χ0v) is 39.6. The number of benzene rings is 2. The van der Waals surface area contributed by atoms with Crippen LogP contribution in [0.4, 0.5) is 5.82 Å². The highest BCUT2D eigenvalue weighted by molar-refractivity contribution is 7.92. The van der Waals surface area contributed by atoms with Crippen LogP contribution in [0.2, 0.25) is 0 Å². The van der Waals surface area contributed by atoms with Crippen LogP contribution in [0.15, 0.2) is 71.8 Å². The molecule has 0 atom stereocenters. The van der Waals surface area contributed by atoms with E-state index in [1.165, 1.54) is 87.4 Å². The molecular formula is C48H70N4O13S. The maximum absolute atomic E-state index is 13.1. The van der Waals surface area contributed by atoms with E-state index in [-0.39, 0.29) is 94.1 Å². The SMILES string of the molecule is CC(C)(C)OC(=O)CCCCCCCCCCCCCc1ccc(Oc2ccc(S(=O)(=O)Nc3ccc(C(=O)NCCOCCOCC(=O)NCCOCCOCC(=O)O)cn3)cc2)cc1. The van der Waals surface area contributed by atoms with Crippen LogP contribution in [0.3, 0.4) is 0 Å². The molecule has 17 nitrogen and oxygen atoms in total. The second-order valence-corrected chi connectivity index (χ2v) is 18.2. The van der Waals surface area contributed by atoms with Crippen molar-refractivity contribution in [3.05, 3.63) is 78.0 Å². The summed E-state index contributed by atoms with van der Waals surface area (Å²) in [6.45, 7) is 6.78. The van der Waals surface area contributed by atoms with Gasteiger partial charge in [-0.05, 0) is 94.1 Å². The minimum atomic E-state index is -3.97. The normalized spacial score (nSPS) is 11.5. The van der Waals surface area contributed by atoms with Crippen molar-refractivity contribution in [3.63, 3.8) is 0 Å². The van der Waals surface area contributed by atoms with Crippen molar-refractivity contribution in [2.24, 2.45) is 0 Å². The number of anilines is 1. The molecule has 1 heterocycles. The van der Waals surface area contributed by atoms with E-state index in [0.29, 0.717) is 17.9 Å². The van der Waals surface area contributed by atoms with E-state index in [4.69, 9.17) is 33.5 Å². The Morgan fingerprint density at radius 2 is 1.15 bits per heavy atom. The lowest BCUT2D eigenvalue weighted by Gasteiger charge is -2.19. The largest absolute Gasteiger partial charge is 0.480 e. The highest BCUT2D eigenvalue weighted by Gasteiger charge is 2.17. The highest BCUT2D eigenvalue weighted by atomic mass is 32.2. The van der Waals surface area contributed by atoms with Crippen molar-refractivity contribution in [2.45, 2.75) is 115 Å². The molecular weight excluding hydrogens is 873 g/mol. The Morgan fingerprint density at radius 1 is 0.621 bits per heavy atom. The fourth-order valence-electron chi connectivity index (χ4n) is 6.33. The van der Waals surface area contributed by atoms with Crippen LogP contribution in [-0.2, 0) is 54.5 Å². The molecule has 1 aromatic heterocycles. The van der Waals surface area contributed by atoms with Crippen molar-refractivity contribution in [2.75, 3.05) is 70.7 Å². The fourth-order valence-corrected chi connectivity index (χ4v) is 7.34. The third kappa shape index (κ3) is 26.1. The number of aliphatic carboxylic acids is 1. The second kappa shape index (κ2) is 31.7. The Kier molecular flexibility index (Phi) is 26.5. The number of hydrogen-bond acceptors (Lipinski definition) is 13. The van der Waals surface area contributed by atoms with E-state index in [1.807, 2.05) is 32.9 Å². The van der Waals surface area contributed by atoms with E-state index < -0.39 is 27.5 Å². The van der Waals surface area contributed by atoms with Crippen molar-refractivity contribution in [1.29, 1.82) is 0 Å². The number of carbonyl (C=O) groups excluding carboxylic acids is 3. The number of amides is 2. The third-order valence-corrected chi connectivity index (χ3v) is 11.0. The van der Waals surface area contributed by atoms with Crippen LogP contribution in [0, 0.1) is 0 Å². The van der Waals surface area contributed by atoms with Gasteiger partial charge in [0.25, 0.3) is 15.9 Å². The van der Waals surface area contributed by atoms with Gasteiger partial charge in [0.05, 0.1) is 50.1 Å². The van der Waals surface area contributed by atoms with Gasteiger partial charge in [0, 0.05) is 25.7 Å². The van der Waals surface area contributed by atoms with Gasteiger partial charge in [0.2, 0.25) is 5.91 Å². The van der Waals surface area contributed by atoms with E-state index in [0.717, 1.165) is 25.7 Å². The monoisotopic (exact) mass is 942 g/mol. The molecule has 0 radical (unpaired) electrons. The van der Waals surface area contributed by atoms with Crippen LogP contribution in [0.25, 0.3) is 0 Å². The lowest BCUT2D eigenvalue weighted by molar-refractivity contribution is -0.155. The topological polar surface area (TPSA) is 227 Å². The number of aromatic nitrogens is 1. The molecule has 0 aliphatic heterocycles. The lowest BCUT2D eigenvalue weighted by Crippen LogP contribution is -2.31. The molecule has 0 spiro atoms. The maximum atomic E-state index is 13.1. The molecule has 18 heteroatoms. The Morgan fingerprint density at radius 3 is 1.71 bits per heavy atom. The highest BCUT2D eigenvalue weighted by Crippen LogP contribution is 2.25. The molecule has 2 aromatic carbocycles. The molecule has 0 saturated carbocycles. The van der Waals surface area contributed by atoms with Gasteiger partial charge in [-0.2, -0.15) is 0 Å². The standard InChI is InChI=1S/C48H70N4O13S/c1-48(2,3)65-46(56)16-14-12-10-8-6-4-5-7-9-11-13-15-38-17-20-40(21-18-38)64-41-22-24-42(25-23-41)66(58,59)52-43-26-19-39(35-51-43)47(57)50-28-30-61-31-33-62-36-44(53)49-27-29-60-32-34-63-37-45(54)55/h17-26,35H,4-16,27-34,36-37H2,1-3H3,(H,49,53)(H,50,57)(H,51,52)(H,54,55). The number of sulfonamides is 1. The number of carboxylic acids is 1. The predicted octanol–water partition coefficient (Wildman–Crippen LogP) is 7.24. The second-order valence-electron chi connectivity index (χ2n) is 16.6. The molecule has 66 heavy (non-hydrogen) atoms. The maximum Gasteiger partial charge on any atom is 0.329 e. The molecule has 4 N–H and O–H groups in total. The van der Waals surface area contributed by atoms with Crippen molar-refractivity contribution in [1.82, 2.24) is 15.6 Å².